The molecule has 19 heavy (non-hydrogen) atoms. The van der Waals surface area contributed by atoms with Crippen molar-refractivity contribution in [2.75, 3.05) is 0 Å². The van der Waals surface area contributed by atoms with Crippen molar-refractivity contribution in [2.45, 2.75) is 16.8 Å². The lowest BCUT2D eigenvalue weighted by molar-refractivity contribution is 0.0696. The summed E-state index contributed by atoms with van der Waals surface area (Å²) in [5.41, 5.74) is 0.841. The van der Waals surface area contributed by atoms with Crippen molar-refractivity contribution < 1.29 is 9.90 Å². The Morgan fingerprint density at radius 1 is 1.26 bits per heavy atom. The minimum atomic E-state index is -0.982. The molecule has 0 bridgehead atoms. The van der Waals surface area contributed by atoms with Crippen molar-refractivity contribution in [2.24, 2.45) is 0 Å². The minimum Gasteiger partial charge on any atom is -0.478 e. The quantitative estimate of drug-likeness (QED) is 0.903. The summed E-state index contributed by atoms with van der Waals surface area (Å²) in [6.07, 6.45) is 0. The number of nitrogens with zero attached hydrogens (tertiary/aromatic N) is 1. The number of hydrogen-bond acceptors (Lipinski definition) is 3. The number of rotatable bonds is 3. The van der Waals surface area contributed by atoms with Gasteiger partial charge in [0.1, 0.15) is 5.03 Å². The topological polar surface area (TPSA) is 50.2 Å². The van der Waals surface area contributed by atoms with Crippen LogP contribution >= 0.6 is 35.0 Å². The van der Waals surface area contributed by atoms with Gasteiger partial charge in [-0.15, -0.1) is 0 Å². The van der Waals surface area contributed by atoms with Crippen LogP contribution in [0.4, 0.5) is 0 Å². The first-order valence-electron chi connectivity index (χ1n) is 5.30. The molecule has 1 N–H and O–H groups in total. The van der Waals surface area contributed by atoms with E-state index in [0.717, 1.165) is 4.90 Å². The van der Waals surface area contributed by atoms with Gasteiger partial charge in [-0.2, -0.15) is 0 Å². The van der Waals surface area contributed by atoms with Gasteiger partial charge in [0.25, 0.3) is 0 Å². The number of benzene rings is 1. The summed E-state index contributed by atoms with van der Waals surface area (Å²) in [4.78, 5) is 16.0. The molecule has 0 aliphatic carbocycles. The molecule has 0 unspecified atom stereocenters. The smallest absolute Gasteiger partial charge is 0.335 e. The number of carboxylic acids is 1. The zero-order valence-corrected chi connectivity index (χ0v) is 12.2. The summed E-state index contributed by atoms with van der Waals surface area (Å²) in [5.74, 6) is -0.982. The molecule has 0 fully saturated rings. The van der Waals surface area contributed by atoms with Crippen molar-refractivity contribution in [3.8, 4) is 0 Å². The molecule has 0 saturated heterocycles. The first-order valence-corrected chi connectivity index (χ1v) is 6.88. The van der Waals surface area contributed by atoms with E-state index in [2.05, 4.69) is 4.98 Å². The maximum absolute atomic E-state index is 11.0. The van der Waals surface area contributed by atoms with Crippen LogP contribution in [0.1, 0.15) is 16.1 Å². The highest BCUT2D eigenvalue weighted by atomic mass is 35.5. The summed E-state index contributed by atoms with van der Waals surface area (Å²) >= 11 is 13.3. The van der Waals surface area contributed by atoms with Crippen molar-refractivity contribution in [3.05, 3.63) is 51.6 Å². The van der Waals surface area contributed by atoms with E-state index in [4.69, 9.17) is 28.3 Å². The number of aryl methyl sites for hydroxylation is 1. The Hall–Kier alpha value is -1.23. The lowest BCUT2D eigenvalue weighted by Crippen LogP contribution is -1.99. The second-order valence-corrected chi connectivity index (χ2v) is 5.72. The number of aromatic carboxylic acids is 1. The van der Waals surface area contributed by atoms with Gasteiger partial charge in [0.2, 0.25) is 0 Å². The molecular weight excluding hydrogens is 305 g/mol. The third-order valence-electron chi connectivity index (χ3n) is 2.28. The maximum Gasteiger partial charge on any atom is 0.335 e. The van der Waals surface area contributed by atoms with E-state index in [1.807, 2.05) is 0 Å². The molecule has 2 rings (SSSR count). The minimum absolute atomic E-state index is 0.202. The highest BCUT2D eigenvalue weighted by Crippen LogP contribution is 2.34. The molecule has 1 aromatic carbocycles. The summed E-state index contributed by atoms with van der Waals surface area (Å²) in [6, 6.07) is 8.14. The Morgan fingerprint density at radius 2 is 2.00 bits per heavy atom. The van der Waals surface area contributed by atoms with Crippen LogP contribution < -0.4 is 0 Å². The van der Waals surface area contributed by atoms with Crippen LogP contribution in [0.5, 0.6) is 0 Å². The molecule has 0 radical (unpaired) electrons. The fraction of sp³-hybridized carbons (Fsp3) is 0.0769. The Bertz CT molecular complexity index is 647. The summed E-state index contributed by atoms with van der Waals surface area (Å²) in [5, 5.41) is 10.7. The molecule has 0 amide bonds. The standard InChI is InChI=1S/C13H9Cl2NO2S/c1-7-4-8(13(17)18)5-12(16-7)19-11-6-9(14)2-3-10(11)15/h2-6H,1H3,(H,17,18). The third-order valence-corrected chi connectivity index (χ3v) is 3.94. The fourth-order valence-electron chi connectivity index (χ4n) is 1.48. The molecule has 0 atom stereocenters. The number of pyridine rings is 1. The Kier molecular flexibility index (Phi) is 4.34. The van der Waals surface area contributed by atoms with Gasteiger partial charge in [0.15, 0.2) is 0 Å². The monoisotopic (exact) mass is 313 g/mol. The molecule has 0 aliphatic heterocycles. The Labute approximate surface area is 124 Å². The summed E-state index contributed by atoms with van der Waals surface area (Å²) in [7, 11) is 0. The van der Waals surface area contributed by atoms with Gasteiger partial charge in [0.05, 0.1) is 10.6 Å². The summed E-state index contributed by atoms with van der Waals surface area (Å²) in [6.45, 7) is 1.75. The van der Waals surface area contributed by atoms with E-state index < -0.39 is 5.97 Å². The average Bonchev–Trinajstić information content (AvgIpc) is 2.33. The molecule has 0 aliphatic rings. The lowest BCUT2D eigenvalue weighted by Gasteiger charge is -2.06. The molecule has 6 heteroatoms. The predicted molar refractivity (Wildman–Crippen MR) is 76.5 cm³/mol. The zero-order valence-electron chi connectivity index (χ0n) is 9.85. The van der Waals surface area contributed by atoms with E-state index in [1.54, 1.807) is 25.1 Å². The van der Waals surface area contributed by atoms with Crippen molar-refractivity contribution in [1.82, 2.24) is 4.98 Å². The van der Waals surface area contributed by atoms with Crippen molar-refractivity contribution >= 4 is 40.9 Å². The number of aromatic nitrogens is 1. The van der Waals surface area contributed by atoms with Gasteiger partial charge in [0, 0.05) is 15.6 Å². The van der Waals surface area contributed by atoms with Crippen LogP contribution in [0.15, 0.2) is 40.3 Å². The first-order chi connectivity index (χ1) is 8.95. The van der Waals surface area contributed by atoms with Crippen LogP contribution in [0, 0.1) is 6.92 Å². The van der Waals surface area contributed by atoms with Gasteiger partial charge in [-0.1, -0.05) is 35.0 Å². The van der Waals surface area contributed by atoms with Gasteiger partial charge < -0.3 is 5.11 Å². The SMILES string of the molecule is Cc1cc(C(=O)O)cc(Sc2cc(Cl)ccc2Cl)n1. The van der Waals surface area contributed by atoms with E-state index in [1.165, 1.54) is 23.9 Å². The number of hydrogen-bond donors (Lipinski definition) is 1. The number of carbonyl (C=O) groups is 1. The largest absolute Gasteiger partial charge is 0.478 e. The van der Waals surface area contributed by atoms with Crippen LogP contribution in [0.25, 0.3) is 0 Å². The number of halogens is 2. The van der Waals surface area contributed by atoms with Crippen LogP contribution in [-0.4, -0.2) is 16.1 Å². The second-order valence-electron chi connectivity index (χ2n) is 3.82. The molecule has 0 spiro atoms. The molecule has 0 saturated carbocycles. The van der Waals surface area contributed by atoms with Gasteiger partial charge in [-0.05, 0) is 37.3 Å². The average molecular weight is 314 g/mol. The van der Waals surface area contributed by atoms with E-state index in [9.17, 15) is 4.79 Å². The van der Waals surface area contributed by atoms with Crippen LogP contribution in [0.2, 0.25) is 10.0 Å². The van der Waals surface area contributed by atoms with Crippen LogP contribution in [-0.2, 0) is 0 Å². The predicted octanol–water partition coefficient (Wildman–Crippen LogP) is 4.55. The fourth-order valence-corrected chi connectivity index (χ4v) is 2.90. The lowest BCUT2D eigenvalue weighted by atomic mass is 10.2. The summed E-state index contributed by atoms with van der Waals surface area (Å²) < 4.78 is 0. The Balaban J connectivity index is 2.38. The second kappa shape index (κ2) is 5.82. The number of carboxylic acid groups (broad SMARTS) is 1. The van der Waals surface area contributed by atoms with Gasteiger partial charge in [-0.3, -0.25) is 0 Å². The van der Waals surface area contributed by atoms with Gasteiger partial charge in [-0.25, -0.2) is 9.78 Å². The molecular formula is C13H9Cl2NO2S. The molecule has 1 heterocycles. The molecule has 3 nitrogen and oxygen atoms in total. The molecule has 2 aromatic rings. The van der Waals surface area contributed by atoms with E-state index in [-0.39, 0.29) is 5.56 Å². The molecule has 1 aromatic heterocycles. The maximum atomic E-state index is 11.0. The highest BCUT2D eigenvalue weighted by Gasteiger charge is 2.10. The normalized spacial score (nSPS) is 10.5. The van der Waals surface area contributed by atoms with E-state index >= 15 is 0 Å². The zero-order chi connectivity index (χ0) is 14.0. The molecule has 98 valence electrons. The Morgan fingerprint density at radius 3 is 2.68 bits per heavy atom. The first kappa shape index (κ1) is 14.2. The van der Waals surface area contributed by atoms with Crippen molar-refractivity contribution in [1.29, 1.82) is 0 Å². The van der Waals surface area contributed by atoms with Gasteiger partial charge >= 0.3 is 5.97 Å². The van der Waals surface area contributed by atoms with Crippen LogP contribution in [0.3, 0.4) is 0 Å². The third kappa shape index (κ3) is 3.62. The highest BCUT2D eigenvalue weighted by molar-refractivity contribution is 7.99. The van der Waals surface area contributed by atoms with E-state index in [0.29, 0.717) is 20.8 Å². The van der Waals surface area contributed by atoms with Crippen molar-refractivity contribution in [3.63, 3.8) is 0 Å².